The Balaban J connectivity index is 1.90. The van der Waals surface area contributed by atoms with Crippen molar-refractivity contribution >= 4 is 27.7 Å². The van der Waals surface area contributed by atoms with Crippen LogP contribution in [0.15, 0.2) is 40.7 Å². The van der Waals surface area contributed by atoms with Crippen molar-refractivity contribution in [1.82, 2.24) is 4.57 Å². The van der Waals surface area contributed by atoms with Crippen molar-refractivity contribution in [3.63, 3.8) is 0 Å². The van der Waals surface area contributed by atoms with Gasteiger partial charge in [-0.25, -0.2) is 4.99 Å². The standard InChI is InChI=1S/C19H17N3S2/c1-13-12-23-19(22(13)14-7-3-2-4-8-14)21-18-16(11-20)15-9-5-6-10-17(15)24-18/h2-4,7-8,12H,5-6,9-10H2,1H3/b21-19-. The van der Waals surface area contributed by atoms with Crippen LogP contribution in [0, 0.1) is 18.3 Å². The molecule has 120 valence electrons. The third-order valence-electron chi connectivity index (χ3n) is 4.35. The zero-order chi connectivity index (χ0) is 16.5. The van der Waals surface area contributed by atoms with Crippen LogP contribution in [0.5, 0.6) is 0 Å². The van der Waals surface area contributed by atoms with E-state index in [9.17, 15) is 5.26 Å². The Bertz CT molecular complexity index is 984. The van der Waals surface area contributed by atoms with Crippen LogP contribution in [0.1, 0.15) is 34.5 Å². The maximum Gasteiger partial charge on any atom is 0.195 e. The van der Waals surface area contributed by atoms with Crippen LogP contribution in [0.25, 0.3) is 5.69 Å². The number of nitriles is 1. The molecule has 5 heteroatoms. The summed E-state index contributed by atoms with van der Waals surface area (Å²) in [5.74, 6) is 0. The number of hydrogen-bond donors (Lipinski definition) is 0. The van der Waals surface area contributed by atoms with Gasteiger partial charge in [0.1, 0.15) is 11.1 Å². The highest BCUT2D eigenvalue weighted by Gasteiger charge is 2.20. The van der Waals surface area contributed by atoms with Crippen LogP contribution in [-0.2, 0) is 12.8 Å². The van der Waals surface area contributed by atoms with Crippen molar-refractivity contribution in [1.29, 1.82) is 5.26 Å². The summed E-state index contributed by atoms with van der Waals surface area (Å²) >= 11 is 3.32. The first-order valence-corrected chi connectivity index (χ1v) is 9.79. The summed E-state index contributed by atoms with van der Waals surface area (Å²) in [5, 5.41) is 12.6. The quantitative estimate of drug-likeness (QED) is 0.648. The average molecular weight is 352 g/mol. The molecule has 0 atom stereocenters. The van der Waals surface area contributed by atoms with Crippen molar-refractivity contribution < 1.29 is 0 Å². The van der Waals surface area contributed by atoms with Gasteiger partial charge in [-0.05, 0) is 50.3 Å². The Morgan fingerprint density at radius 2 is 1.96 bits per heavy atom. The lowest BCUT2D eigenvalue weighted by molar-refractivity contribution is 0.696. The van der Waals surface area contributed by atoms with Gasteiger partial charge in [0.05, 0.1) is 5.56 Å². The van der Waals surface area contributed by atoms with E-state index in [1.807, 2.05) is 18.2 Å². The van der Waals surface area contributed by atoms with Crippen molar-refractivity contribution in [2.24, 2.45) is 4.99 Å². The predicted octanol–water partition coefficient (Wildman–Crippen LogP) is 4.89. The molecular formula is C19H17N3S2. The van der Waals surface area contributed by atoms with Gasteiger partial charge in [0.25, 0.3) is 0 Å². The zero-order valence-electron chi connectivity index (χ0n) is 13.5. The summed E-state index contributed by atoms with van der Waals surface area (Å²) in [4.78, 5) is 7.17. The smallest absolute Gasteiger partial charge is 0.195 e. The number of aromatic nitrogens is 1. The molecule has 0 spiro atoms. The van der Waals surface area contributed by atoms with E-state index in [4.69, 9.17) is 4.99 Å². The molecule has 0 amide bonds. The van der Waals surface area contributed by atoms with Crippen molar-refractivity contribution in [2.45, 2.75) is 32.6 Å². The molecule has 0 unspecified atom stereocenters. The monoisotopic (exact) mass is 351 g/mol. The van der Waals surface area contributed by atoms with Gasteiger partial charge in [-0.2, -0.15) is 5.26 Å². The fraction of sp³-hybridized carbons (Fsp3) is 0.263. The van der Waals surface area contributed by atoms with E-state index in [0.717, 1.165) is 39.6 Å². The summed E-state index contributed by atoms with van der Waals surface area (Å²) in [7, 11) is 0. The first kappa shape index (κ1) is 15.4. The normalized spacial score (nSPS) is 14.4. The molecule has 4 rings (SSSR count). The van der Waals surface area contributed by atoms with Crippen LogP contribution >= 0.6 is 22.7 Å². The molecule has 1 aliphatic rings. The number of fused-ring (bicyclic) bond motifs is 1. The molecule has 0 radical (unpaired) electrons. The van der Waals surface area contributed by atoms with Gasteiger partial charge in [-0.1, -0.05) is 18.2 Å². The maximum atomic E-state index is 9.63. The number of benzene rings is 1. The lowest BCUT2D eigenvalue weighted by Gasteiger charge is -2.09. The molecule has 2 aromatic heterocycles. The van der Waals surface area contributed by atoms with Gasteiger partial charge in [-0.15, -0.1) is 22.7 Å². The SMILES string of the molecule is Cc1cs/c(=N\c2sc3c(c2C#N)CCCC3)n1-c1ccccc1. The highest BCUT2D eigenvalue weighted by atomic mass is 32.1. The second-order valence-electron chi connectivity index (χ2n) is 5.95. The molecule has 0 saturated carbocycles. The number of thiazole rings is 1. The first-order chi connectivity index (χ1) is 11.8. The Morgan fingerprint density at radius 1 is 1.17 bits per heavy atom. The number of para-hydroxylation sites is 1. The summed E-state index contributed by atoms with van der Waals surface area (Å²) in [5.41, 5.74) is 4.30. The molecule has 1 aliphatic carbocycles. The van der Waals surface area contributed by atoms with E-state index >= 15 is 0 Å². The fourth-order valence-electron chi connectivity index (χ4n) is 3.19. The molecule has 0 N–H and O–H groups in total. The van der Waals surface area contributed by atoms with Crippen molar-refractivity contribution in [3.8, 4) is 11.8 Å². The molecule has 24 heavy (non-hydrogen) atoms. The Hall–Kier alpha value is -2.16. The number of hydrogen-bond acceptors (Lipinski definition) is 4. The Labute approximate surface area is 149 Å². The van der Waals surface area contributed by atoms with Crippen LogP contribution in [0.3, 0.4) is 0 Å². The largest absolute Gasteiger partial charge is 0.290 e. The highest BCUT2D eigenvalue weighted by Crippen LogP contribution is 2.39. The van der Waals surface area contributed by atoms with Crippen molar-refractivity contribution in [3.05, 3.63) is 62.2 Å². The lowest BCUT2D eigenvalue weighted by atomic mass is 9.96. The van der Waals surface area contributed by atoms with Gasteiger partial charge in [-0.3, -0.25) is 4.57 Å². The van der Waals surface area contributed by atoms with Gasteiger partial charge >= 0.3 is 0 Å². The summed E-state index contributed by atoms with van der Waals surface area (Å²) in [6, 6.07) is 12.7. The topological polar surface area (TPSA) is 41.1 Å². The zero-order valence-corrected chi connectivity index (χ0v) is 15.1. The number of aryl methyl sites for hydroxylation is 2. The maximum absolute atomic E-state index is 9.63. The Morgan fingerprint density at radius 3 is 2.75 bits per heavy atom. The van der Waals surface area contributed by atoms with E-state index in [1.165, 1.54) is 23.3 Å². The minimum Gasteiger partial charge on any atom is -0.290 e. The molecule has 1 aromatic carbocycles. The highest BCUT2D eigenvalue weighted by molar-refractivity contribution is 7.16. The number of nitrogens with zero attached hydrogens (tertiary/aromatic N) is 3. The molecule has 0 saturated heterocycles. The summed E-state index contributed by atoms with van der Waals surface area (Å²) in [6.45, 7) is 2.09. The second-order valence-corrected chi connectivity index (χ2v) is 7.87. The predicted molar refractivity (Wildman–Crippen MR) is 99.3 cm³/mol. The van der Waals surface area contributed by atoms with E-state index in [2.05, 4.69) is 35.1 Å². The van der Waals surface area contributed by atoms with Crippen LogP contribution in [0.4, 0.5) is 5.00 Å². The van der Waals surface area contributed by atoms with Gasteiger partial charge < -0.3 is 0 Å². The summed E-state index contributed by atoms with van der Waals surface area (Å²) < 4.78 is 2.16. The van der Waals surface area contributed by atoms with E-state index in [1.54, 1.807) is 22.7 Å². The molecule has 0 bridgehead atoms. The minimum atomic E-state index is 0.792. The average Bonchev–Trinajstić information content (AvgIpc) is 3.15. The van der Waals surface area contributed by atoms with E-state index in [-0.39, 0.29) is 0 Å². The van der Waals surface area contributed by atoms with Crippen LogP contribution < -0.4 is 4.80 Å². The van der Waals surface area contributed by atoms with Crippen LogP contribution in [-0.4, -0.2) is 4.57 Å². The third-order valence-corrected chi connectivity index (χ3v) is 6.48. The van der Waals surface area contributed by atoms with E-state index < -0.39 is 0 Å². The molecular weight excluding hydrogens is 334 g/mol. The van der Waals surface area contributed by atoms with Gasteiger partial charge in [0, 0.05) is 21.6 Å². The van der Waals surface area contributed by atoms with E-state index in [0.29, 0.717) is 0 Å². The minimum absolute atomic E-state index is 0.792. The van der Waals surface area contributed by atoms with Crippen molar-refractivity contribution in [2.75, 3.05) is 0 Å². The molecule has 0 aliphatic heterocycles. The molecule has 2 heterocycles. The molecule has 0 fully saturated rings. The fourth-order valence-corrected chi connectivity index (χ4v) is 5.34. The molecule has 3 nitrogen and oxygen atoms in total. The lowest BCUT2D eigenvalue weighted by Crippen LogP contribution is -2.13. The first-order valence-electron chi connectivity index (χ1n) is 8.10. The van der Waals surface area contributed by atoms with Gasteiger partial charge in [0.2, 0.25) is 0 Å². The summed E-state index contributed by atoms with van der Waals surface area (Å²) in [6.07, 6.45) is 4.51. The third kappa shape index (κ3) is 2.62. The molecule has 3 aromatic rings. The van der Waals surface area contributed by atoms with Crippen LogP contribution in [0.2, 0.25) is 0 Å². The number of thiophene rings is 1. The second kappa shape index (κ2) is 6.39. The number of rotatable bonds is 2. The van der Waals surface area contributed by atoms with Gasteiger partial charge in [0.15, 0.2) is 4.80 Å². The Kier molecular flexibility index (Phi) is 4.09.